The molecule has 0 heterocycles. The number of hydrogen-bond acceptors (Lipinski definition) is 3. The summed E-state index contributed by atoms with van der Waals surface area (Å²) >= 11 is 0. The molecule has 3 nitrogen and oxygen atoms in total. The summed E-state index contributed by atoms with van der Waals surface area (Å²) in [5, 5.41) is 8.79. The molecule has 2 rings (SSSR count). The SMILES string of the molecule is CCCCCCCCOc1ccc(/N=C/c2ccc(C#N)cc2)cc1. The summed E-state index contributed by atoms with van der Waals surface area (Å²) in [6.45, 7) is 3.02. The summed E-state index contributed by atoms with van der Waals surface area (Å²) in [6, 6.07) is 17.3. The smallest absolute Gasteiger partial charge is 0.119 e. The van der Waals surface area contributed by atoms with Crippen LogP contribution in [0.4, 0.5) is 5.69 Å². The lowest BCUT2D eigenvalue weighted by atomic mass is 10.1. The molecular formula is C22H26N2O. The van der Waals surface area contributed by atoms with Crippen LogP contribution in [0.5, 0.6) is 5.75 Å². The lowest BCUT2D eigenvalue weighted by Gasteiger charge is -2.06. The molecule has 0 aromatic heterocycles. The second-order valence-electron chi connectivity index (χ2n) is 6.10. The van der Waals surface area contributed by atoms with Crippen LogP contribution in [0.15, 0.2) is 53.5 Å². The van der Waals surface area contributed by atoms with E-state index in [1.165, 1.54) is 32.1 Å². The summed E-state index contributed by atoms with van der Waals surface area (Å²) in [5.74, 6) is 0.894. The highest BCUT2D eigenvalue weighted by Crippen LogP contribution is 2.18. The van der Waals surface area contributed by atoms with Crippen molar-refractivity contribution in [1.82, 2.24) is 0 Å². The van der Waals surface area contributed by atoms with Crippen LogP contribution in [0.3, 0.4) is 0 Å². The number of hydrogen-bond donors (Lipinski definition) is 0. The number of unbranched alkanes of at least 4 members (excludes halogenated alkanes) is 5. The molecule has 0 saturated carbocycles. The van der Waals surface area contributed by atoms with Crippen molar-refractivity contribution in [1.29, 1.82) is 5.26 Å². The minimum atomic E-state index is 0.656. The van der Waals surface area contributed by atoms with Gasteiger partial charge in [-0.05, 0) is 48.4 Å². The Morgan fingerprint density at radius 2 is 1.60 bits per heavy atom. The predicted molar refractivity (Wildman–Crippen MR) is 104 cm³/mol. The second-order valence-corrected chi connectivity index (χ2v) is 6.10. The Kier molecular flexibility index (Phi) is 8.27. The summed E-state index contributed by atoms with van der Waals surface area (Å²) in [5.41, 5.74) is 2.52. The first-order chi connectivity index (χ1) is 12.3. The van der Waals surface area contributed by atoms with Gasteiger partial charge in [-0.25, -0.2) is 0 Å². The second kappa shape index (κ2) is 11.0. The zero-order valence-electron chi connectivity index (χ0n) is 14.9. The van der Waals surface area contributed by atoms with Gasteiger partial charge in [0.15, 0.2) is 0 Å². The topological polar surface area (TPSA) is 45.4 Å². The first-order valence-electron chi connectivity index (χ1n) is 9.09. The van der Waals surface area contributed by atoms with E-state index >= 15 is 0 Å². The first-order valence-corrected chi connectivity index (χ1v) is 9.09. The van der Waals surface area contributed by atoms with Gasteiger partial charge in [0.1, 0.15) is 5.75 Å². The Morgan fingerprint density at radius 3 is 2.28 bits per heavy atom. The van der Waals surface area contributed by atoms with Crippen molar-refractivity contribution in [3.63, 3.8) is 0 Å². The van der Waals surface area contributed by atoms with Crippen molar-refractivity contribution in [2.45, 2.75) is 45.4 Å². The molecule has 0 aliphatic carbocycles. The lowest BCUT2D eigenvalue weighted by Crippen LogP contribution is -1.96. The zero-order valence-corrected chi connectivity index (χ0v) is 14.9. The monoisotopic (exact) mass is 334 g/mol. The first kappa shape index (κ1) is 18.7. The molecule has 0 amide bonds. The van der Waals surface area contributed by atoms with Gasteiger partial charge in [0.05, 0.1) is 23.9 Å². The predicted octanol–water partition coefficient (Wildman–Crippen LogP) is 6.05. The number of rotatable bonds is 10. The third-order valence-electron chi connectivity index (χ3n) is 4.01. The van der Waals surface area contributed by atoms with Crippen LogP contribution in [0.1, 0.15) is 56.6 Å². The Labute approximate surface area is 151 Å². The largest absolute Gasteiger partial charge is 0.494 e. The van der Waals surface area contributed by atoms with Gasteiger partial charge >= 0.3 is 0 Å². The highest BCUT2D eigenvalue weighted by molar-refractivity contribution is 5.82. The molecule has 0 saturated heterocycles. The highest BCUT2D eigenvalue weighted by atomic mass is 16.5. The summed E-state index contributed by atoms with van der Waals surface area (Å²) in [4.78, 5) is 4.45. The molecule has 2 aromatic rings. The average Bonchev–Trinajstić information content (AvgIpc) is 2.67. The molecule has 130 valence electrons. The maximum absolute atomic E-state index is 8.79. The van der Waals surface area contributed by atoms with Gasteiger partial charge in [0.25, 0.3) is 0 Å². The molecule has 0 aliphatic rings. The van der Waals surface area contributed by atoms with Crippen LogP contribution < -0.4 is 4.74 Å². The fourth-order valence-corrected chi connectivity index (χ4v) is 2.49. The number of benzene rings is 2. The number of nitrogens with zero attached hydrogens (tertiary/aromatic N) is 2. The van der Waals surface area contributed by atoms with E-state index in [0.29, 0.717) is 5.56 Å². The van der Waals surface area contributed by atoms with E-state index in [0.717, 1.165) is 30.0 Å². The molecule has 0 spiro atoms. The van der Waals surface area contributed by atoms with E-state index < -0.39 is 0 Å². The standard InChI is InChI=1S/C22H26N2O/c1-2-3-4-5-6-7-16-25-22-14-12-21(13-15-22)24-18-20-10-8-19(17-23)9-11-20/h8-15,18H,2-7,16H2,1H3/b24-18+. The zero-order chi connectivity index (χ0) is 17.7. The quantitative estimate of drug-likeness (QED) is 0.392. The van der Waals surface area contributed by atoms with E-state index in [1.54, 1.807) is 18.3 Å². The third-order valence-corrected chi connectivity index (χ3v) is 4.01. The van der Waals surface area contributed by atoms with Crippen molar-refractivity contribution >= 4 is 11.9 Å². The molecule has 0 aliphatic heterocycles. The van der Waals surface area contributed by atoms with Crippen LogP contribution >= 0.6 is 0 Å². The molecule has 0 bridgehead atoms. The number of ether oxygens (including phenoxy) is 1. The maximum Gasteiger partial charge on any atom is 0.119 e. The van der Waals surface area contributed by atoms with Gasteiger partial charge in [0.2, 0.25) is 0 Å². The molecule has 0 fully saturated rings. The summed E-state index contributed by atoms with van der Waals surface area (Å²) in [7, 11) is 0. The Hall–Kier alpha value is -2.60. The normalized spacial score (nSPS) is 10.7. The van der Waals surface area contributed by atoms with E-state index in [4.69, 9.17) is 10.00 Å². The van der Waals surface area contributed by atoms with Crippen molar-refractivity contribution in [3.05, 3.63) is 59.7 Å². The van der Waals surface area contributed by atoms with E-state index in [1.807, 2.05) is 36.4 Å². The van der Waals surface area contributed by atoms with E-state index in [2.05, 4.69) is 18.0 Å². The van der Waals surface area contributed by atoms with E-state index in [9.17, 15) is 0 Å². The van der Waals surface area contributed by atoms with Crippen molar-refractivity contribution < 1.29 is 4.74 Å². The summed E-state index contributed by atoms with van der Waals surface area (Å²) in [6.07, 6.45) is 9.42. The number of aliphatic imine (C=N–C) groups is 1. The van der Waals surface area contributed by atoms with Gasteiger partial charge in [-0.1, -0.05) is 51.2 Å². The van der Waals surface area contributed by atoms with Gasteiger partial charge in [-0.15, -0.1) is 0 Å². The Morgan fingerprint density at radius 1 is 0.920 bits per heavy atom. The van der Waals surface area contributed by atoms with Crippen LogP contribution in [-0.4, -0.2) is 12.8 Å². The van der Waals surface area contributed by atoms with Gasteiger partial charge in [-0.3, -0.25) is 4.99 Å². The fourth-order valence-electron chi connectivity index (χ4n) is 2.49. The molecule has 0 unspecified atom stereocenters. The third kappa shape index (κ3) is 7.22. The minimum absolute atomic E-state index is 0.656. The van der Waals surface area contributed by atoms with Gasteiger partial charge in [-0.2, -0.15) is 5.26 Å². The van der Waals surface area contributed by atoms with Crippen LogP contribution in [-0.2, 0) is 0 Å². The van der Waals surface area contributed by atoms with Crippen LogP contribution in [0.2, 0.25) is 0 Å². The molecule has 25 heavy (non-hydrogen) atoms. The fraction of sp³-hybridized carbons (Fsp3) is 0.364. The molecule has 2 aromatic carbocycles. The minimum Gasteiger partial charge on any atom is -0.494 e. The highest BCUT2D eigenvalue weighted by Gasteiger charge is 1.96. The molecule has 3 heteroatoms. The Balaban J connectivity index is 1.73. The molecule has 0 atom stereocenters. The maximum atomic E-state index is 8.79. The molecule has 0 radical (unpaired) electrons. The Bertz CT molecular complexity index is 681. The van der Waals surface area contributed by atoms with Gasteiger partial charge in [0, 0.05) is 6.21 Å². The molecular weight excluding hydrogens is 308 g/mol. The van der Waals surface area contributed by atoms with E-state index in [-0.39, 0.29) is 0 Å². The van der Waals surface area contributed by atoms with Crippen molar-refractivity contribution in [2.24, 2.45) is 4.99 Å². The molecule has 0 N–H and O–H groups in total. The number of nitriles is 1. The van der Waals surface area contributed by atoms with Gasteiger partial charge < -0.3 is 4.74 Å². The average molecular weight is 334 g/mol. The van der Waals surface area contributed by atoms with Crippen LogP contribution in [0.25, 0.3) is 0 Å². The van der Waals surface area contributed by atoms with Crippen LogP contribution in [0, 0.1) is 11.3 Å². The lowest BCUT2D eigenvalue weighted by molar-refractivity contribution is 0.304. The van der Waals surface area contributed by atoms with Crippen molar-refractivity contribution in [2.75, 3.05) is 6.61 Å². The van der Waals surface area contributed by atoms with Crippen molar-refractivity contribution in [3.8, 4) is 11.8 Å². The summed E-state index contributed by atoms with van der Waals surface area (Å²) < 4.78 is 5.77.